The molecule has 0 unspecified atom stereocenters. The van der Waals surface area contributed by atoms with Crippen molar-refractivity contribution in [3.63, 3.8) is 0 Å². The van der Waals surface area contributed by atoms with Crippen LogP contribution in [0, 0.1) is 0 Å². The van der Waals surface area contributed by atoms with Crippen LogP contribution in [0.3, 0.4) is 0 Å². The molecule has 31 valence electrons. The van der Waals surface area contributed by atoms with Gasteiger partial charge in [-0.2, -0.15) is 0 Å². The summed E-state index contributed by atoms with van der Waals surface area (Å²) in [6.45, 7) is 1.31. The first-order chi connectivity index (χ1) is 1.73. The van der Waals surface area contributed by atoms with Gasteiger partial charge in [-0.1, -0.05) is 0 Å². The minimum atomic E-state index is -0.333. The van der Waals surface area contributed by atoms with Gasteiger partial charge in [-0.05, 0) is 0 Å². The molecule has 0 bridgehead atoms. The molecule has 3 heteroatoms. The van der Waals surface area contributed by atoms with E-state index in [1.165, 1.54) is 6.92 Å². The van der Waals surface area contributed by atoms with Crippen LogP contribution in [0.1, 0.15) is 6.92 Å². The standard InChI is InChI=1S/C2H4O2.Re/c1-2(3)4;/h1H3,(H,3,4);/p+2. The minimum absolute atomic E-state index is 0. The molecule has 0 aliphatic rings. The molecule has 0 spiro atoms. The second-order valence-corrected chi connectivity index (χ2v) is 0.585. The Morgan fingerprint density at radius 2 is 1.80 bits per heavy atom. The smallest absolute Gasteiger partial charge is 0.524 e. The summed E-state index contributed by atoms with van der Waals surface area (Å²) in [4.78, 5) is 7.64. The monoisotopic (exact) mass is 249 g/mol. The molecule has 0 amide bonds. The van der Waals surface area contributed by atoms with Gasteiger partial charge >= 0.3 is 5.97 Å². The Balaban J connectivity index is 0. The zero-order valence-corrected chi connectivity index (χ0v) is 5.54. The molecule has 0 aromatic heterocycles. The second-order valence-electron chi connectivity index (χ2n) is 0.585. The number of hydrogen-bond donors (Lipinski definition) is 0. The summed E-state index contributed by atoms with van der Waals surface area (Å²) in [5.41, 5.74) is 0. The molecule has 5 heavy (non-hydrogen) atoms. The van der Waals surface area contributed by atoms with E-state index < -0.39 is 0 Å². The predicted molar refractivity (Wildman–Crippen MR) is 16.2 cm³/mol. The molecular formula is C2H6O2Re+2. The van der Waals surface area contributed by atoms with E-state index in [0.29, 0.717) is 0 Å². The fraction of sp³-hybridized carbons (Fsp3) is 0.500. The van der Waals surface area contributed by atoms with Gasteiger partial charge in [0.15, 0.2) is 0 Å². The van der Waals surface area contributed by atoms with Gasteiger partial charge in [-0.25, -0.2) is 4.79 Å². The van der Waals surface area contributed by atoms with Crippen molar-refractivity contribution in [1.29, 1.82) is 0 Å². The van der Waals surface area contributed by atoms with Gasteiger partial charge in [0.25, 0.3) is 0 Å². The number of carbonyl (C=O) groups excluding carboxylic acids is 1. The Morgan fingerprint density at radius 3 is 1.80 bits per heavy atom. The van der Waals surface area contributed by atoms with Crippen LogP contribution in [0.5, 0.6) is 0 Å². The molecule has 0 saturated carbocycles. The molecule has 0 aromatic rings. The van der Waals surface area contributed by atoms with E-state index in [1.54, 1.807) is 0 Å². The molecule has 3 N–H and O–H groups in total. The second kappa shape index (κ2) is 4.13. The number of rotatable bonds is 0. The van der Waals surface area contributed by atoms with Crippen molar-refractivity contribution in [2.24, 2.45) is 0 Å². The van der Waals surface area contributed by atoms with E-state index in [-0.39, 0.29) is 26.4 Å². The van der Waals surface area contributed by atoms with E-state index in [4.69, 9.17) is 9.90 Å². The molecule has 0 rings (SSSR count). The van der Waals surface area contributed by atoms with Gasteiger partial charge in [0.2, 0.25) is 0 Å². The van der Waals surface area contributed by atoms with Crippen LogP contribution in [0.4, 0.5) is 0 Å². The third-order valence-electron chi connectivity index (χ3n) is 0. The van der Waals surface area contributed by atoms with Gasteiger partial charge in [-0.3, -0.25) is 0 Å². The van der Waals surface area contributed by atoms with Gasteiger partial charge in [0.1, 0.15) is 6.92 Å². The Kier molecular flexibility index (Phi) is 7.38. The van der Waals surface area contributed by atoms with E-state index in [0.717, 1.165) is 0 Å². The van der Waals surface area contributed by atoms with Crippen molar-refractivity contribution in [2.75, 3.05) is 0 Å². The van der Waals surface area contributed by atoms with Gasteiger partial charge in [0.05, 0.1) is 0 Å². The quantitative estimate of drug-likeness (QED) is 0.505. The zero-order valence-electron chi connectivity index (χ0n) is 2.83. The van der Waals surface area contributed by atoms with E-state index in [1.807, 2.05) is 0 Å². The molecule has 2 nitrogen and oxygen atoms in total. The summed E-state index contributed by atoms with van der Waals surface area (Å²) >= 11 is 0. The average Bonchev–Trinajstić information content (AvgIpc) is 0.811. The van der Waals surface area contributed by atoms with Crippen molar-refractivity contribution in [2.45, 2.75) is 6.92 Å². The molecule has 0 aliphatic carbocycles. The van der Waals surface area contributed by atoms with Crippen LogP contribution in [0.25, 0.3) is 0 Å². The van der Waals surface area contributed by atoms with Crippen LogP contribution in [0.15, 0.2) is 0 Å². The zero-order chi connectivity index (χ0) is 3.58. The Bertz CT molecular complexity index is 30.6. The average molecular weight is 248 g/mol. The van der Waals surface area contributed by atoms with Crippen molar-refractivity contribution < 1.29 is 30.3 Å². The maximum atomic E-state index is 7.64. The Morgan fingerprint density at radius 1 is 1.80 bits per heavy atom. The SMILES string of the molecule is CC(=[OH+])[OH2+].[Re]. The van der Waals surface area contributed by atoms with Crippen molar-refractivity contribution >= 4 is 5.97 Å². The van der Waals surface area contributed by atoms with Crippen LogP contribution < -0.4 is 0 Å². The van der Waals surface area contributed by atoms with E-state index in [2.05, 4.69) is 0 Å². The maximum absolute atomic E-state index is 7.64. The third-order valence-corrected chi connectivity index (χ3v) is 0. The van der Waals surface area contributed by atoms with Crippen molar-refractivity contribution in [3.05, 3.63) is 0 Å². The van der Waals surface area contributed by atoms with Crippen LogP contribution in [-0.4, -0.2) is 15.9 Å². The molecule has 0 heterocycles. The van der Waals surface area contributed by atoms with Gasteiger partial charge in [-0.15, -0.1) is 0 Å². The Labute approximate surface area is 43.8 Å². The third kappa shape index (κ3) is 1070. The van der Waals surface area contributed by atoms with Crippen LogP contribution in [0.2, 0.25) is 0 Å². The van der Waals surface area contributed by atoms with Crippen LogP contribution in [-0.2, 0) is 20.4 Å². The first-order valence-electron chi connectivity index (χ1n) is 0.974. The molecular weight excluding hydrogens is 242 g/mol. The van der Waals surface area contributed by atoms with Crippen molar-refractivity contribution in [1.82, 2.24) is 0 Å². The van der Waals surface area contributed by atoms with E-state index >= 15 is 0 Å². The fourth-order valence-corrected chi connectivity index (χ4v) is 0. The molecule has 0 fully saturated rings. The first-order valence-corrected chi connectivity index (χ1v) is 0.974. The first kappa shape index (κ1) is 8.93. The summed E-state index contributed by atoms with van der Waals surface area (Å²) < 4.78 is 0. The Hall–Kier alpha value is 0.132. The molecule has 0 aliphatic heterocycles. The molecule has 0 atom stereocenters. The summed E-state index contributed by atoms with van der Waals surface area (Å²) in [5.74, 6) is -0.333. The van der Waals surface area contributed by atoms with Gasteiger partial charge in [0, 0.05) is 20.4 Å². The number of hydrogen-bond acceptors (Lipinski definition) is 0. The van der Waals surface area contributed by atoms with Crippen LogP contribution >= 0.6 is 0 Å². The van der Waals surface area contributed by atoms with E-state index in [9.17, 15) is 0 Å². The van der Waals surface area contributed by atoms with Gasteiger partial charge < -0.3 is 5.11 Å². The normalized spacial score (nSPS) is 5.00. The summed E-state index contributed by atoms with van der Waals surface area (Å²) in [7, 11) is 0. The molecule has 1 radical (unpaired) electrons. The fourth-order valence-electron chi connectivity index (χ4n) is 0. The minimum Gasteiger partial charge on any atom is -0.524 e. The topological polar surface area (TPSA) is 44.3 Å². The molecule has 0 aromatic carbocycles. The van der Waals surface area contributed by atoms with Crippen molar-refractivity contribution in [3.8, 4) is 0 Å². The summed E-state index contributed by atoms with van der Waals surface area (Å²) in [6, 6.07) is 0. The largest absolute Gasteiger partial charge is 0.618 e. The molecule has 0 saturated heterocycles. The summed E-state index contributed by atoms with van der Waals surface area (Å²) in [5, 5.41) is 6.06. The maximum Gasteiger partial charge on any atom is 0.618 e. The summed E-state index contributed by atoms with van der Waals surface area (Å²) in [6.07, 6.45) is 0. The predicted octanol–water partition coefficient (Wildman–Crippen LogP) is -0.769.